The number of hydrogen-bond donors (Lipinski definition) is 0. The number of anilines is 1. The first-order valence-corrected chi connectivity index (χ1v) is 6.95. The second kappa shape index (κ2) is 5.70. The second-order valence-electron chi connectivity index (χ2n) is 5.71. The van der Waals surface area contributed by atoms with Crippen LogP contribution in [0.2, 0.25) is 0 Å². The van der Waals surface area contributed by atoms with E-state index in [4.69, 9.17) is 4.98 Å². The number of hydrogen-bond acceptors (Lipinski definition) is 3. The van der Waals surface area contributed by atoms with Crippen LogP contribution in [-0.2, 0) is 6.42 Å². The van der Waals surface area contributed by atoms with Crippen molar-refractivity contribution in [2.24, 2.45) is 5.92 Å². The highest BCUT2D eigenvalue weighted by atomic mass is 15.2. The van der Waals surface area contributed by atoms with Crippen molar-refractivity contribution in [2.75, 3.05) is 38.6 Å². The molecular weight excluding hydrogens is 222 g/mol. The van der Waals surface area contributed by atoms with Crippen LogP contribution in [-0.4, -0.2) is 43.6 Å². The summed E-state index contributed by atoms with van der Waals surface area (Å²) in [5, 5.41) is 0. The fourth-order valence-electron chi connectivity index (χ4n) is 2.77. The molecule has 0 aromatic carbocycles. The van der Waals surface area contributed by atoms with Crippen molar-refractivity contribution in [3.05, 3.63) is 23.4 Å². The molecule has 1 saturated heterocycles. The molecule has 1 fully saturated rings. The third-order valence-corrected chi connectivity index (χ3v) is 3.60. The Morgan fingerprint density at radius 3 is 2.83 bits per heavy atom. The summed E-state index contributed by atoms with van der Waals surface area (Å²) < 4.78 is 0. The summed E-state index contributed by atoms with van der Waals surface area (Å²) in [6, 6.07) is 4.41. The van der Waals surface area contributed by atoms with E-state index in [1.165, 1.54) is 30.0 Å². The molecule has 1 aromatic rings. The zero-order valence-corrected chi connectivity index (χ0v) is 12.1. The third-order valence-electron chi connectivity index (χ3n) is 3.60. The summed E-state index contributed by atoms with van der Waals surface area (Å²) in [7, 11) is 4.31. The minimum Gasteiger partial charge on any atom is -0.356 e. The molecule has 1 atom stereocenters. The average molecular weight is 247 g/mol. The fourth-order valence-corrected chi connectivity index (χ4v) is 2.77. The van der Waals surface area contributed by atoms with Gasteiger partial charge in [-0.25, -0.2) is 4.98 Å². The van der Waals surface area contributed by atoms with Gasteiger partial charge in [-0.15, -0.1) is 0 Å². The predicted octanol–water partition coefficient (Wildman–Crippen LogP) is 2.34. The Balaban J connectivity index is 2.06. The van der Waals surface area contributed by atoms with Crippen LogP contribution in [0.15, 0.2) is 12.1 Å². The van der Waals surface area contributed by atoms with Gasteiger partial charge in [-0.1, -0.05) is 6.92 Å². The summed E-state index contributed by atoms with van der Waals surface area (Å²) in [6.07, 6.45) is 2.30. The lowest BCUT2D eigenvalue weighted by Crippen LogP contribution is -2.26. The molecular formula is C15H25N3. The Morgan fingerprint density at radius 2 is 2.17 bits per heavy atom. The average Bonchev–Trinajstić information content (AvgIpc) is 2.75. The molecule has 0 amide bonds. The summed E-state index contributed by atoms with van der Waals surface area (Å²) >= 11 is 0. The lowest BCUT2D eigenvalue weighted by Gasteiger charge is -2.20. The monoisotopic (exact) mass is 247 g/mol. The summed E-state index contributed by atoms with van der Waals surface area (Å²) in [6.45, 7) is 7.82. The molecule has 100 valence electrons. The molecule has 2 rings (SSSR count). The molecule has 0 N–H and O–H groups in total. The maximum atomic E-state index is 4.76. The molecule has 1 aliphatic heterocycles. The van der Waals surface area contributed by atoms with E-state index in [2.05, 4.69) is 49.9 Å². The van der Waals surface area contributed by atoms with Gasteiger partial charge >= 0.3 is 0 Å². The second-order valence-corrected chi connectivity index (χ2v) is 5.71. The molecule has 1 unspecified atom stereocenters. The fraction of sp³-hybridized carbons (Fsp3) is 0.667. The van der Waals surface area contributed by atoms with Gasteiger partial charge in [0.15, 0.2) is 0 Å². The molecule has 0 saturated carbocycles. The van der Waals surface area contributed by atoms with Crippen LogP contribution in [0.3, 0.4) is 0 Å². The van der Waals surface area contributed by atoms with Gasteiger partial charge in [0.1, 0.15) is 5.82 Å². The zero-order chi connectivity index (χ0) is 13.1. The van der Waals surface area contributed by atoms with Crippen molar-refractivity contribution < 1.29 is 0 Å². The maximum absolute atomic E-state index is 4.76. The number of pyridine rings is 1. The molecule has 0 aliphatic carbocycles. The van der Waals surface area contributed by atoms with Crippen LogP contribution in [0.25, 0.3) is 0 Å². The number of aryl methyl sites for hydroxylation is 2. The first kappa shape index (κ1) is 13.3. The van der Waals surface area contributed by atoms with Crippen LogP contribution >= 0.6 is 0 Å². The van der Waals surface area contributed by atoms with Gasteiger partial charge in [-0.05, 0) is 57.5 Å². The third kappa shape index (κ3) is 3.22. The Labute approximate surface area is 111 Å². The van der Waals surface area contributed by atoms with Crippen LogP contribution in [0.1, 0.15) is 24.6 Å². The van der Waals surface area contributed by atoms with E-state index in [-0.39, 0.29) is 0 Å². The van der Waals surface area contributed by atoms with Crippen LogP contribution in [0.5, 0.6) is 0 Å². The van der Waals surface area contributed by atoms with E-state index in [1.807, 2.05) is 0 Å². The van der Waals surface area contributed by atoms with Gasteiger partial charge in [0.25, 0.3) is 0 Å². The van der Waals surface area contributed by atoms with Crippen molar-refractivity contribution in [2.45, 2.75) is 26.7 Å². The highest BCUT2D eigenvalue weighted by Gasteiger charge is 2.24. The standard InChI is InChI=1S/C15H25N3/c1-5-14-8-12(2)9-15(16-14)18-7-6-13(11-18)10-17(3)4/h8-9,13H,5-7,10-11H2,1-4H3. The first-order valence-electron chi connectivity index (χ1n) is 6.95. The van der Waals surface area contributed by atoms with Crippen LogP contribution in [0.4, 0.5) is 5.82 Å². The molecule has 1 aromatic heterocycles. The highest BCUT2D eigenvalue weighted by molar-refractivity contribution is 5.43. The molecule has 0 radical (unpaired) electrons. The Morgan fingerprint density at radius 1 is 1.39 bits per heavy atom. The van der Waals surface area contributed by atoms with E-state index in [0.717, 1.165) is 25.4 Å². The largest absolute Gasteiger partial charge is 0.356 e. The highest BCUT2D eigenvalue weighted by Crippen LogP contribution is 2.23. The van der Waals surface area contributed by atoms with Crippen LogP contribution < -0.4 is 4.90 Å². The van der Waals surface area contributed by atoms with Gasteiger partial charge in [0.05, 0.1) is 0 Å². The van der Waals surface area contributed by atoms with Crippen molar-refractivity contribution >= 4 is 5.82 Å². The maximum Gasteiger partial charge on any atom is 0.129 e. The lowest BCUT2D eigenvalue weighted by molar-refractivity contribution is 0.340. The lowest BCUT2D eigenvalue weighted by atomic mass is 10.1. The van der Waals surface area contributed by atoms with Gasteiger partial charge in [0, 0.05) is 25.3 Å². The number of rotatable bonds is 4. The summed E-state index contributed by atoms with van der Waals surface area (Å²) in [5.41, 5.74) is 2.54. The molecule has 18 heavy (non-hydrogen) atoms. The van der Waals surface area contributed by atoms with Gasteiger partial charge in [0.2, 0.25) is 0 Å². The quantitative estimate of drug-likeness (QED) is 0.814. The topological polar surface area (TPSA) is 19.4 Å². The summed E-state index contributed by atoms with van der Waals surface area (Å²) in [5.74, 6) is 1.96. The van der Waals surface area contributed by atoms with E-state index >= 15 is 0 Å². The zero-order valence-electron chi connectivity index (χ0n) is 12.1. The van der Waals surface area contributed by atoms with Gasteiger partial charge < -0.3 is 9.80 Å². The van der Waals surface area contributed by atoms with E-state index in [9.17, 15) is 0 Å². The minimum atomic E-state index is 0.785. The predicted molar refractivity (Wildman–Crippen MR) is 77.2 cm³/mol. The first-order chi connectivity index (χ1) is 8.58. The Hall–Kier alpha value is -1.09. The van der Waals surface area contributed by atoms with Gasteiger partial charge in [-0.2, -0.15) is 0 Å². The van der Waals surface area contributed by atoms with Crippen molar-refractivity contribution in [3.8, 4) is 0 Å². The van der Waals surface area contributed by atoms with Crippen molar-refractivity contribution in [3.63, 3.8) is 0 Å². The van der Waals surface area contributed by atoms with Crippen molar-refractivity contribution in [1.82, 2.24) is 9.88 Å². The molecule has 2 heterocycles. The van der Waals surface area contributed by atoms with Gasteiger partial charge in [-0.3, -0.25) is 0 Å². The Kier molecular flexibility index (Phi) is 4.23. The molecule has 3 nitrogen and oxygen atoms in total. The summed E-state index contributed by atoms with van der Waals surface area (Å²) in [4.78, 5) is 9.49. The molecule has 0 spiro atoms. The minimum absolute atomic E-state index is 0.785. The normalized spacial score (nSPS) is 19.8. The van der Waals surface area contributed by atoms with E-state index < -0.39 is 0 Å². The molecule has 3 heteroatoms. The van der Waals surface area contributed by atoms with Crippen molar-refractivity contribution in [1.29, 1.82) is 0 Å². The number of nitrogens with zero attached hydrogens (tertiary/aromatic N) is 3. The number of aromatic nitrogens is 1. The van der Waals surface area contributed by atoms with Crippen LogP contribution in [0, 0.1) is 12.8 Å². The molecule has 0 bridgehead atoms. The van der Waals surface area contributed by atoms with E-state index in [0.29, 0.717) is 0 Å². The smallest absolute Gasteiger partial charge is 0.129 e. The Bertz CT molecular complexity index is 401. The molecule has 1 aliphatic rings. The van der Waals surface area contributed by atoms with E-state index in [1.54, 1.807) is 0 Å². The SMILES string of the molecule is CCc1cc(C)cc(N2CCC(CN(C)C)C2)n1.